The number of aliphatic imine (C=N–C) groups is 1. The first-order valence-electron chi connectivity index (χ1n) is 8.35. The van der Waals surface area contributed by atoms with Crippen LogP contribution in [0.3, 0.4) is 0 Å². The van der Waals surface area contributed by atoms with E-state index in [1.807, 2.05) is 0 Å². The molecule has 1 aliphatic heterocycles. The minimum absolute atomic E-state index is 0. The third-order valence-corrected chi connectivity index (χ3v) is 4.16. The van der Waals surface area contributed by atoms with Gasteiger partial charge in [0.05, 0.1) is 19.8 Å². The van der Waals surface area contributed by atoms with Crippen LogP contribution in [-0.4, -0.2) is 69.0 Å². The van der Waals surface area contributed by atoms with Gasteiger partial charge in [0.2, 0.25) is 0 Å². The molecular weight excluding hydrogens is 457 g/mol. The van der Waals surface area contributed by atoms with Crippen molar-refractivity contribution in [2.45, 2.75) is 12.5 Å². The van der Waals surface area contributed by atoms with Crippen molar-refractivity contribution >= 4 is 29.9 Å². The van der Waals surface area contributed by atoms with Crippen LogP contribution in [0.15, 0.2) is 23.2 Å². The Hall–Kier alpha value is -1.04. The average Bonchev–Trinajstić information content (AvgIpc) is 2.58. The largest absolute Gasteiger partial charge is 0.383 e. The Bertz CT molecular complexity index is 596. The number of aliphatic hydroxyl groups is 1. The van der Waals surface area contributed by atoms with Crippen molar-refractivity contribution in [3.63, 3.8) is 0 Å². The van der Waals surface area contributed by atoms with Gasteiger partial charge in [0.25, 0.3) is 0 Å². The lowest BCUT2D eigenvalue weighted by Crippen LogP contribution is -2.47. The van der Waals surface area contributed by atoms with E-state index in [0.29, 0.717) is 12.5 Å². The van der Waals surface area contributed by atoms with Gasteiger partial charge in [-0.3, -0.25) is 9.89 Å². The number of nitrogens with one attached hydrogen (secondary N) is 2. The van der Waals surface area contributed by atoms with Crippen LogP contribution in [0.2, 0.25) is 0 Å². The zero-order valence-electron chi connectivity index (χ0n) is 15.1. The molecule has 1 aliphatic rings. The molecule has 0 saturated carbocycles. The van der Waals surface area contributed by atoms with Crippen molar-refractivity contribution in [3.05, 3.63) is 35.4 Å². The van der Waals surface area contributed by atoms with E-state index >= 15 is 0 Å². The first-order valence-corrected chi connectivity index (χ1v) is 8.35. The molecule has 0 bridgehead atoms. The lowest BCUT2D eigenvalue weighted by Gasteiger charge is -2.28. The standard InChI is InChI=1S/C17H26F2N4O2.HI/c1-17(24,14-4-3-13(18)11-15(14)19)12-22-16(20-2)21-5-6-23-7-9-25-10-8-23;/h3-4,11,24H,5-10,12H2,1-2H3,(H2,20,21,22);1H. The highest BCUT2D eigenvalue weighted by molar-refractivity contribution is 14.0. The van der Waals surface area contributed by atoms with Crippen molar-refractivity contribution in [1.29, 1.82) is 0 Å². The van der Waals surface area contributed by atoms with Gasteiger partial charge in [-0.2, -0.15) is 0 Å². The Morgan fingerprint density at radius 2 is 2.00 bits per heavy atom. The van der Waals surface area contributed by atoms with Crippen LogP contribution >= 0.6 is 24.0 Å². The van der Waals surface area contributed by atoms with E-state index in [1.165, 1.54) is 13.0 Å². The van der Waals surface area contributed by atoms with Gasteiger partial charge >= 0.3 is 0 Å². The fourth-order valence-corrected chi connectivity index (χ4v) is 2.66. The molecule has 0 aromatic heterocycles. The van der Waals surface area contributed by atoms with E-state index in [1.54, 1.807) is 7.05 Å². The number of benzene rings is 1. The highest BCUT2D eigenvalue weighted by Gasteiger charge is 2.27. The fourth-order valence-electron chi connectivity index (χ4n) is 2.66. The molecule has 0 aliphatic carbocycles. The summed E-state index contributed by atoms with van der Waals surface area (Å²) >= 11 is 0. The highest BCUT2D eigenvalue weighted by atomic mass is 127. The fraction of sp³-hybridized carbons (Fsp3) is 0.588. The maximum Gasteiger partial charge on any atom is 0.191 e. The van der Waals surface area contributed by atoms with Crippen LogP contribution in [0.1, 0.15) is 12.5 Å². The zero-order valence-corrected chi connectivity index (χ0v) is 17.4. The Balaban J connectivity index is 0.00000338. The van der Waals surface area contributed by atoms with Crippen LogP contribution in [0.5, 0.6) is 0 Å². The maximum atomic E-state index is 13.9. The molecule has 1 aromatic carbocycles. The second-order valence-corrected chi connectivity index (χ2v) is 6.20. The monoisotopic (exact) mass is 484 g/mol. The van der Waals surface area contributed by atoms with Crippen LogP contribution in [0, 0.1) is 11.6 Å². The van der Waals surface area contributed by atoms with Gasteiger partial charge in [-0.25, -0.2) is 8.78 Å². The summed E-state index contributed by atoms with van der Waals surface area (Å²) in [5.74, 6) is -0.941. The summed E-state index contributed by atoms with van der Waals surface area (Å²) in [6.07, 6.45) is 0. The quantitative estimate of drug-likeness (QED) is 0.323. The van der Waals surface area contributed by atoms with E-state index in [9.17, 15) is 13.9 Å². The molecule has 0 radical (unpaired) electrons. The van der Waals surface area contributed by atoms with Crippen LogP contribution in [0.4, 0.5) is 8.78 Å². The Kier molecular flexibility index (Phi) is 9.69. The van der Waals surface area contributed by atoms with Crippen molar-refractivity contribution in [2.75, 3.05) is 53.0 Å². The number of ether oxygens (including phenoxy) is 1. The maximum absolute atomic E-state index is 13.9. The molecule has 9 heteroatoms. The molecule has 6 nitrogen and oxygen atoms in total. The minimum Gasteiger partial charge on any atom is -0.383 e. The molecule has 148 valence electrons. The molecule has 1 atom stereocenters. The van der Waals surface area contributed by atoms with E-state index in [-0.39, 0.29) is 36.1 Å². The van der Waals surface area contributed by atoms with Gasteiger partial charge in [0, 0.05) is 44.9 Å². The SMILES string of the molecule is CN=C(NCCN1CCOCC1)NCC(C)(O)c1ccc(F)cc1F.I. The predicted octanol–water partition coefficient (Wildman–Crippen LogP) is 1.29. The molecule has 1 aromatic rings. The number of morpholine rings is 1. The number of halogens is 3. The van der Waals surface area contributed by atoms with Crippen LogP contribution < -0.4 is 10.6 Å². The molecule has 0 spiro atoms. The smallest absolute Gasteiger partial charge is 0.191 e. The summed E-state index contributed by atoms with van der Waals surface area (Å²) in [5.41, 5.74) is -1.47. The van der Waals surface area contributed by atoms with Crippen molar-refractivity contribution < 1.29 is 18.6 Å². The third-order valence-electron chi connectivity index (χ3n) is 4.16. The Labute approximate surface area is 170 Å². The molecule has 1 saturated heterocycles. The first-order chi connectivity index (χ1) is 11.9. The van der Waals surface area contributed by atoms with Gasteiger partial charge in [-0.15, -0.1) is 24.0 Å². The number of hydrogen-bond acceptors (Lipinski definition) is 4. The third kappa shape index (κ3) is 6.93. The number of nitrogens with zero attached hydrogens (tertiary/aromatic N) is 2. The molecule has 3 N–H and O–H groups in total. The van der Waals surface area contributed by atoms with E-state index in [0.717, 1.165) is 45.0 Å². The van der Waals surface area contributed by atoms with Gasteiger partial charge in [0.15, 0.2) is 5.96 Å². The number of rotatable bonds is 6. The molecular formula is C17H27F2IN4O2. The normalized spacial score (nSPS) is 18.0. The molecule has 2 rings (SSSR count). The summed E-state index contributed by atoms with van der Waals surface area (Å²) in [5, 5.41) is 16.6. The Morgan fingerprint density at radius 3 is 2.62 bits per heavy atom. The molecule has 1 heterocycles. The number of hydrogen-bond donors (Lipinski definition) is 3. The van der Waals surface area contributed by atoms with E-state index in [4.69, 9.17) is 4.74 Å². The van der Waals surface area contributed by atoms with Crippen molar-refractivity contribution in [3.8, 4) is 0 Å². The minimum atomic E-state index is -1.50. The van der Waals surface area contributed by atoms with Gasteiger partial charge in [-0.1, -0.05) is 6.07 Å². The zero-order chi connectivity index (χ0) is 18.3. The average molecular weight is 484 g/mol. The van der Waals surface area contributed by atoms with E-state index < -0.39 is 17.2 Å². The van der Waals surface area contributed by atoms with Crippen LogP contribution in [0.25, 0.3) is 0 Å². The highest BCUT2D eigenvalue weighted by Crippen LogP contribution is 2.23. The summed E-state index contributed by atoms with van der Waals surface area (Å²) in [6.45, 7) is 6.36. The lowest BCUT2D eigenvalue weighted by atomic mass is 9.95. The summed E-state index contributed by atoms with van der Waals surface area (Å²) in [7, 11) is 1.62. The Morgan fingerprint density at radius 1 is 1.31 bits per heavy atom. The summed E-state index contributed by atoms with van der Waals surface area (Å²) < 4.78 is 32.2. The first kappa shape index (κ1) is 23.0. The summed E-state index contributed by atoms with van der Waals surface area (Å²) in [4.78, 5) is 6.38. The summed E-state index contributed by atoms with van der Waals surface area (Å²) in [6, 6.07) is 3.14. The van der Waals surface area contributed by atoms with Crippen molar-refractivity contribution in [1.82, 2.24) is 15.5 Å². The second-order valence-electron chi connectivity index (χ2n) is 6.20. The topological polar surface area (TPSA) is 69.1 Å². The lowest BCUT2D eigenvalue weighted by molar-refractivity contribution is 0.0388. The van der Waals surface area contributed by atoms with Gasteiger partial charge in [-0.05, 0) is 13.0 Å². The number of guanidine groups is 1. The van der Waals surface area contributed by atoms with Crippen LogP contribution in [-0.2, 0) is 10.3 Å². The van der Waals surface area contributed by atoms with Crippen molar-refractivity contribution in [2.24, 2.45) is 4.99 Å². The van der Waals surface area contributed by atoms with Gasteiger partial charge < -0.3 is 20.5 Å². The van der Waals surface area contributed by atoms with Gasteiger partial charge in [0.1, 0.15) is 17.2 Å². The molecule has 26 heavy (non-hydrogen) atoms. The molecule has 1 fully saturated rings. The molecule has 0 amide bonds. The predicted molar refractivity (Wildman–Crippen MR) is 108 cm³/mol. The van der Waals surface area contributed by atoms with E-state index in [2.05, 4.69) is 20.5 Å². The second kappa shape index (κ2) is 11.0. The molecule has 1 unspecified atom stereocenters.